The van der Waals surface area contributed by atoms with E-state index in [0.29, 0.717) is 24.9 Å². The first-order valence-electron chi connectivity index (χ1n) is 7.90. The number of hydrogen-bond donors (Lipinski definition) is 1. The zero-order valence-electron chi connectivity index (χ0n) is 13.3. The van der Waals surface area contributed by atoms with E-state index in [-0.39, 0.29) is 17.7 Å². The highest BCUT2D eigenvalue weighted by molar-refractivity contribution is 7.15. The van der Waals surface area contributed by atoms with Crippen LogP contribution in [-0.4, -0.2) is 52.4 Å². The summed E-state index contributed by atoms with van der Waals surface area (Å²) in [5.74, 6) is 0.810. The highest BCUT2D eigenvalue weighted by Gasteiger charge is 2.44. The van der Waals surface area contributed by atoms with Crippen LogP contribution in [0.15, 0.2) is 18.6 Å². The molecule has 126 valence electrons. The van der Waals surface area contributed by atoms with Crippen LogP contribution in [0.4, 0.5) is 10.9 Å². The van der Waals surface area contributed by atoms with Crippen molar-refractivity contribution in [1.29, 1.82) is 0 Å². The lowest BCUT2D eigenvalue weighted by Gasteiger charge is -2.31. The molecule has 8 nitrogen and oxygen atoms in total. The van der Waals surface area contributed by atoms with Gasteiger partial charge in [-0.2, -0.15) is 0 Å². The molecule has 0 aromatic carbocycles. The maximum Gasteiger partial charge on any atom is 0.231 e. The fourth-order valence-corrected chi connectivity index (χ4v) is 4.13. The summed E-state index contributed by atoms with van der Waals surface area (Å²) in [6, 6.07) is 0. The van der Waals surface area contributed by atoms with Gasteiger partial charge in [-0.25, -0.2) is 4.98 Å². The third-order valence-corrected chi connectivity index (χ3v) is 5.47. The summed E-state index contributed by atoms with van der Waals surface area (Å²) in [5, 5.41) is 13.0. The van der Waals surface area contributed by atoms with Gasteiger partial charge in [0, 0.05) is 31.4 Å². The summed E-state index contributed by atoms with van der Waals surface area (Å²) in [4.78, 5) is 22.9. The van der Waals surface area contributed by atoms with Crippen LogP contribution in [0.5, 0.6) is 0 Å². The standard InChI is InChI=1S/C15H18N6O2S/c1-9-19-20-15(24-9)21-5-10-7-23-8-12(11(10)6-21)14(22)18-13-4-16-2-3-17-13/h2-4,10-12H,5-8H2,1H3,(H,17,18,22)/t10-,11-,12+/m1/s1. The molecule has 2 aliphatic rings. The average Bonchev–Trinajstić information content (AvgIpc) is 3.21. The van der Waals surface area contributed by atoms with E-state index in [2.05, 4.69) is 30.4 Å². The Bertz CT molecular complexity index is 724. The largest absolute Gasteiger partial charge is 0.380 e. The molecule has 4 heterocycles. The van der Waals surface area contributed by atoms with Gasteiger partial charge < -0.3 is 15.0 Å². The molecule has 4 rings (SSSR count). The van der Waals surface area contributed by atoms with Crippen LogP contribution in [0.1, 0.15) is 5.01 Å². The molecule has 2 aromatic heterocycles. The molecule has 2 fully saturated rings. The molecular weight excluding hydrogens is 328 g/mol. The Labute approximate surface area is 143 Å². The number of ether oxygens (including phenoxy) is 1. The van der Waals surface area contributed by atoms with Gasteiger partial charge in [0.15, 0.2) is 5.82 Å². The molecule has 24 heavy (non-hydrogen) atoms. The first-order chi connectivity index (χ1) is 11.7. The number of nitrogens with zero attached hydrogens (tertiary/aromatic N) is 5. The van der Waals surface area contributed by atoms with Crippen molar-refractivity contribution in [2.24, 2.45) is 17.8 Å². The number of fused-ring (bicyclic) bond motifs is 1. The Kier molecular flexibility index (Phi) is 4.11. The number of carbonyl (C=O) groups is 1. The van der Waals surface area contributed by atoms with Crippen molar-refractivity contribution < 1.29 is 9.53 Å². The Morgan fingerprint density at radius 2 is 2.25 bits per heavy atom. The maximum absolute atomic E-state index is 12.7. The number of hydrogen-bond acceptors (Lipinski definition) is 8. The van der Waals surface area contributed by atoms with Crippen LogP contribution < -0.4 is 10.2 Å². The molecule has 2 saturated heterocycles. The summed E-state index contributed by atoms with van der Waals surface area (Å²) in [5.41, 5.74) is 0. The Morgan fingerprint density at radius 1 is 1.33 bits per heavy atom. The third-order valence-electron chi connectivity index (χ3n) is 4.57. The summed E-state index contributed by atoms with van der Waals surface area (Å²) in [6.45, 7) is 4.74. The lowest BCUT2D eigenvalue weighted by molar-refractivity contribution is -0.128. The first-order valence-corrected chi connectivity index (χ1v) is 8.72. The van der Waals surface area contributed by atoms with Gasteiger partial charge in [-0.3, -0.25) is 9.78 Å². The van der Waals surface area contributed by atoms with Gasteiger partial charge in [0.25, 0.3) is 0 Å². The molecule has 3 atom stereocenters. The molecule has 0 unspecified atom stereocenters. The van der Waals surface area contributed by atoms with Gasteiger partial charge >= 0.3 is 0 Å². The van der Waals surface area contributed by atoms with Crippen molar-refractivity contribution in [1.82, 2.24) is 20.2 Å². The SMILES string of the molecule is Cc1nnc(N2C[C@@H]3COC[C@H](C(=O)Nc4cnccn4)[C@@H]3C2)s1. The van der Waals surface area contributed by atoms with Gasteiger partial charge in [0.1, 0.15) is 5.01 Å². The normalized spacial score (nSPS) is 26.2. The van der Waals surface area contributed by atoms with Crippen LogP contribution in [0, 0.1) is 24.7 Å². The van der Waals surface area contributed by atoms with E-state index in [9.17, 15) is 4.79 Å². The highest BCUT2D eigenvalue weighted by Crippen LogP contribution is 2.37. The highest BCUT2D eigenvalue weighted by atomic mass is 32.1. The zero-order valence-corrected chi connectivity index (χ0v) is 14.1. The third kappa shape index (κ3) is 2.96. The van der Waals surface area contributed by atoms with Crippen molar-refractivity contribution in [2.45, 2.75) is 6.92 Å². The van der Waals surface area contributed by atoms with Crippen molar-refractivity contribution >= 4 is 28.2 Å². The summed E-state index contributed by atoms with van der Waals surface area (Å²) in [6.07, 6.45) is 4.68. The van der Waals surface area contributed by atoms with Crippen LogP contribution in [-0.2, 0) is 9.53 Å². The number of aryl methyl sites for hydroxylation is 1. The Balaban J connectivity index is 1.47. The summed E-state index contributed by atoms with van der Waals surface area (Å²) >= 11 is 1.59. The van der Waals surface area contributed by atoms with Gasteiger partial charge in [0.05, 0.1) is 25.3 Å². The molecule has 1 amide bonds. The molecule has 0 saturated carbocycles. The molecule has 0 radical (unpaired) electrons. The van der Waals surface area contributed by atoms with E-state index in [0.717, 1.165) is 23.2 Å². The second kappa shape index (κ2) is 6.40. The van der Waals surface area contributed by atoms with Gasteiger partial charge in [0.2, 0.25) is 11.0 Å². The van der Waals surface area contributed by atoms with E-state index >= 15 is 0 Å². The maximum atomic E-state index is 12.7. The van der Waals surface area contributed by atoms with Crippen molar-refractivity contribution in [3.05, 3.63) is 23.6 Å². The van der Waals surface area contributed by atoms with Gasteiger partial charge in [-0.05, 0) is 12.8 Å². The predicted octanol–water partition coefficient (Wildman–Crippen LogP) is 0.974. The number of anilines is 2. The fraction of sp³-hybridized carbons (Fsp3) is 0.533. The summed E-state index contributed by atoms with van der Waals surface area (Å²) < 4.78 is 5.69. The molecule has 0 spiro atoms. The van der Waals surface area contributed by atoms with Gasteiger partial charge in [-0.15, -0.1) is 10.2 Å². The van der Waals surface area contributed by atoms with E-state index in [4.69, 9.17) is 4.74 Å². The number of rotatable bonds is 3. The van der Waals surface area contributed by atoms with E-state index in [1.165, 1.54) is 0 Å². The smallest absolute Gasteiger partial charge is 0.231 e. The monoisotopic (exact) mass is 346 g/mol. The predicted molar refractivity (Wildman–Crippen MR) is 88.8 cm³/mol. The van der Waals surface area contributed by atoms with Crippen LogP contribution in [0.3, 0.4) is 0 Å². The van der Waals surface area contributed by atoms with Crippen molar-refractivity contribution in [3.63, 3.8) is 0 Å². The molecular formula is C15H18N6O2S. The molecule has 0 aliphatic carbocycles. The number of amides is 1. The average molecular weight is 346 g/mol. The second-order valence-electron chi connectivity index (χ2n) is 6.16. The van der Waals surface area contributed by atoms with Crippen LogP contribution in [0.25, 0.3) is 0 Å². The van der Waals surface area contributed by atoms with Crippen molar-refractivity contribution in [2.75, 3.05) is 36.5 Å². The Morgan fingerprint density at radius 3 is 3.00 bits per heavy atom. The second-order valence-corrected chi connectivity index (χ2v) is 7.32. The van der Waals surface area contributed by atoms with Crippen LogP contribution >= 0.6 is 11.3 Å². The minimum absolute atomic E-state index is 0.0551. The molecule has 0 bridgehead atoms. The van der Waals surface area contributed by atoms with E-state index in [1.54, 1.807) is 29.9 Å². The number of carbonyl (C=O) groups excluding carboxylic acids is 1. The molecule has 2 aliphatic heterocycles. The minimum Gasteiger partial charge on any atom is -0.380 e. The number of nitrogens with one attached hydrogen (secondary N) is 1. The minimum atomic E-state index is -0.190. The van der Waals surface area contributed by atoms with Crippen molar-refractivity contribution in [3.8, 4) is 0 Å². The van der Waals surface area contributed by atoms with E-state index in [1.807, 2.05) is 6.92 Å². The first kappa shape index (κ1) is 15.4. The Hall–Kier alpha value is -2.13. The van der Waals surface area contributed by atoms with E-state index < -0.39 is 0 Å². The zero-order chi connectivity index (χ0) is 16.5. The van der Waals surface area contributed by atoms with Gasteiger partial charge in [-0.1, -0.05) is 11.3 Å². The molecule has 9 heteroatoms. The topological polar surface area (TPSA) is 93.1 Å². The fourth-order valence-electron chi connectivity index (χ4n) is 3.42. The summed E-state index contributed by atoms with van der Waals surface area (Å²) in [7, 11) is 0. The number of aromatic nitrogens is 4. The molecule has 2 aromatic rings. The lowest BCUT2D eigenvalue weighted by atomic mass is 9.82. The lowest BCUT2D eigenvalue weighted by Crippen LogP contribution is -2.42. The molecule has 1 N–H and O–H groups in total. The quantitative estimate of drug-likeness (QED) is 0.885. The van der Waals surface area contributed by atoms with Crippen LogP contribution in [0.2, 0.25) is 0 Å².